The lowest BCUT2D eigenvalue weighted by Gasteiger charge is -2.00. The molecule has 0 bridgehead atoms. The van der Waals surface area contributed by atoms with E-state index in [1.54, 1.807) is 0 Å². The number of thiazole rings is 1. The molecule has 0 radical (unpaired) electrons. The van der Waals surface area contributed by atoms with E-state index in [-0.39, 0.29) is 11.5 Å². The third-order valence-corrected chi connectivity index (χ3v) is 3.50. The summed E-state index contributed by atoms with van der Waals surface area (Å²) in [6.45, 7) is 0. The van der Waals surface area contributed by atoms with Crippen LogP contribution in [0.2, 0.25) is 0 Å². The molecule has 1 saturated carbocycles. The molecule has 0 unspecified atom stereocenters. The molecule has 1 amide bonds. The van der Waals surface area contributed by atoms with Gasteiger partial charge in [-0.05, 0) is 18.9 Å². The van der Waals surface area contributed by atoms with E-state index in [1.165, 1.54) is 36.4 Å². The van der Waals surface area contributed by atoms with Crippen LogP contribution in [0, 0.1) is 5.95 Å². The molecule has 1 N–H and O–H groups in total. The van der Waals surface area contributed by atoms with Crippen LogP contribution in [0.4, 0.5) is 9.52 Å². The molecule has 0 aliphatic heterocycles. The molecule has 3 rings (SSSR count). The average molecular weight is 263 g/mol. The quantitative estimate of drug-likeness (QED) is 0.866. The fourth-order valence-electron chi connectivity index (χ4n) is 1.62. The first-order valence-corrected chi connectivity index (χ1v) is 6.48. The summed E-state index contributed by atoms with van der Waals surface area (Å²) in [4.78, 5) is 19.6. The first kappa shape index (κ1) is 11.3. The smallest absolute Gasteiger partial charge is 0.257 e. The number of nitrogens with one attached hydrogen (secondary N) is 1. The Balaban J connectivity index is 1.73. The molecule has 0 saturated heterocycles. The largest absolute Gasteiger partial charge is 0.298 e. The number of rotatable bonds is 3. The summed E-state index contributed by atoms with van der Waals surface area (Å²) < 4.78 is 12.9. The van der Waals surface area contributed by atoms with E-state index in [2.05, 4.69) is 15.3 Å². The van der Waals surface area contributed by atoms with E-state index in [9.17, 15) is 9.18 Å². The zero-order chi connectivity index (χ0) is 12.5. The van der Waals surface area contributed by atoms with Crippen molar-refractivity contribution < 1.29 is 9.18 Å². The summed E-state index contributed by atoms with van der Waals surface area (Å²) in [5.41, 5.74) is 1.28. The van der Waals surface area contributed by atoms with Crippen LogP contribution in [0.3, 0.4) is 0 Å². The monoisotopic (exact) mass is 263 g/mol. The topological polar surface area (TPSA) is 54.9 Å². The Bertz CT molecular complexity index is 595. The molecular formula is C12H10FN3OS. The summed E-state index contributed by atoms with van der Waals surface area (Å²) in [5.74, 6) is -0.473. The first-order valence-electron chi connectivity index (χ1n) is 5.61. The summed E-state index contributed by atoms with van der Waals surface area (Å²) >= 11 is 1.39. The van der Waals surface area contributed by atoms with Gasteiger partial charge >= 0.3 is 0 Å². The predicted octanol–water partition coefficient (Wildman–Crippen LogP) is 2.81. The molecule has 92 valence electrons. The van der Waals surface area contributed by atoms with Crippen molar-refractivity contribution >= 4 is 22.4 Å². The predicted molar refractivity (Wildman–Crippen MR) is 66.2 cm³/mol. The number of nitrogens with zero attached hydrogens (tertiary/aromatic N) is 2. The van der Waals surface area contributed by atoms with Crippen LogP contribution >= 0.6 is 11.3 Å². The minimum Gasteiger partial charge on any atom is -0.298 e. The summed E-state index contributed by atoms with van der Waals surface area (Å²) in [6.07, 6.45) is 3.61. The second-order valence-corrected chi connectivity index (χ2v) is 5.03. The maximum atomic E-state index is 12.9. The van der Waals surface area contributed by atoms with Crippen LogP contribution < -0.4 is 5.32 Å². The van der Waals surface area contributed by atoms with Gasteiger partial charge in [0.05, 0.1) is 5.69 Å². The van der Waals surface area contributed by atoms with Crippen LogP contribution in [0.15, 0.2) is 23.7 Å². The van der Waals surface area contributed by atoms with Crippen molar-refractivity contribution in [1.82, 2.24) is 9.97 Å². The highest BCUT2D eigenvalue weighted by molar-refractivity contribution is 7.14. The molecule has 1 aliphatic rings. The van der Waals surface area contributed by atoms with Gasteiger partial charge in [0.25, 0.3) is 5.91 Å². The summed E-state index contributed by atoms with van der Waals surface area (Å²) in [6, 6.07) is 2.57. The second-order valence-electron chi connectivity index (χ2n) is 4.17. The van der Waals surface area contributed by atoms with Gasteiger partial charge in [0.15, 0.2) is 5.13 Å². The minimum absolute atomic E-state index is 0.241. The maximum Gasteiger partial charge on any atom is 0.257 e. The zero-order valence-electron chi connectivity index (χ0n) is 9.39. The van der Waals surface area contributed by atoms with Gasteiger partial charge in [-0.1, -0.05) is 0 Å². The third-order valence-electron chi connectivity index (χ3n) is 2.73. The van der Waals surface area contributed by atoms with Crippen LogP contribution in [0.1, 0.15) is 34.8 Å². The fraction of sp³-hybridized carbons (Fsp3) is 0.250. The summed E-state index contributed by atoms with van der Waals surface area (Å²) in [7, 11) is 0. The fourth-order valence-corrected chi connectivity index (χ4v) is 2.41. The lowest BCUT2D eigenvalue weighted by atomic mass is 10.2. The van der Waals surface area contributed by atoms with Gasteiger partial charge in [0.2, 0.25) is 5.95 Å². The third kappa shape index (κ3) is 2.38. The number of hydrogen-bond acceptors (Lipinski definition) is 4. The van der Waals surface area contributed by atoms with Gasteiger partial charge in [0, 0.05) is 29.1 Å². The van der Waals surface area contributed by atoms with Crippen LogP contribution in [0.5, 0.6) is 0 Å². The van der Waals surface area contributed by atoms with Crippen LogP contribution in [-0.4, -0.2) is 15.9 Å². The van der Waals surface area contributed by atoms with E-state index in [4.69, 9.17) is 0 Å². The Morgan fingerprint density at radius 2 is 2.33 bits per heavy atom. The Morgan fingerprint density at radius 1 is 1.50 bits per heavy atom. The second kappa shape index (κ2) is 4.45. The number of hydrogen-bond donors (Lipinski definition) is 1. The van der Waals surface area contributed by atoms with Crippen molar-refractivity contribution in [2.45, 2.75) is 18.8 Å². The normalized spacial score (nSPS) is 14.5. The standard InChI is InChI=1S/C12H10FN3OS/c13-10-5-8(3-4-14-10)11(17)16-12-15-9(6-18-12)7-1-2-7/h3-7H,1-2H2,(H,15,16,17). The first-order chi connectivity index (χ1) is 8.72. The molecule has 0 spiro atoms. The van der Waals surface area contributed by atoms with Gasteiger partial charge in [-0.15, -0.1) is 11.3 Å². The van der Waals surface area contributed by atoms with Crippen molar-refractivity contribution in [3.63, 3.8) is 0 Å². The molecule has 2 heterocycles. The van der Waals surface area contributed by atoms with E-state index in [1.807, 2.05) is 5.38 Å². The van der Waals surface area contributed by atoms with Gasteiger partial charge in [-0.2, -0.15) is 4.39 Å². The van der Waals surface area contributed by atoms with Crippen molar-refractivity contribution in [2.24, 2.45) is 0 Å². The highest BCUT2D eigenvalue weighted by Gasteiger charge is 2.26. The van der Waals surface area contributed by atoms with Crippen LogP contribution in [0.25, 0.3) is 0 Å². The van der Waals surface area contributed by atoms with Crippen molar-refractivity contribution in [2.75, 3.05) is 5.32 Å². The number of pyridine rings is 1. The number of carbonyl (C=O) groups is 1. The molecule has 0 atom stereocenters. The van der Waals surface area contributed by atoms with Gasteiger partial charge < -0.3 is 0 Å². The van der Waals surface area contributed by atoms with E-state index in [0.717, 1.165) is 11.8 Å². The Morgan fingerprint density at radius 3 is 3.06 bits per heavy atom. The average Bonchev–Trinajstić information content (AvgIpc) is 3.11. The molecule has 6 heteroatoms. The molecule has 1 fully saturated rings. The number of halogens is 1. The Labute approximate surface area is 107 Å². The maximum absolute atomic E-state index is 12.9. The summed E-state index contributed by atoms with van der Waals surface area (Å²) in [5, 5.41) is 5.18. The molecular weight excluding hydrogens is 253 g/mol. The van der Waals surface area contributed by atoms with E-state index >= 15 is 0 Å². The highest BCUT2D eigenvalue weighted by Crippen LogP contribution is 2.40. The molecule has 4 nitrogen and oxygen atoms in total. The Kier molecular flexibility index (Phi) is 2.79. The Hall–Kier alpha value is -1.82. The van der Waals surface area contributed by atoms with E-state index in [0.29, 0.717) is 11.0 Å². The molecule has 18 heavy (non-hydrogen) atoms. The lowest BCUT2D eigenvalue weighted by Crippen LogP contribution is -2.12. The highest BCUT2D eigenvalue weighted by atomic mass is 32.1. The molecule has 2 aromatic rings. The lowest BCUT2D eigenvalue weighted by molar-refractivity contribution is 0.102. The SMILES string of the molecule is O=C(Nc1nc(C2CC2)cs1)c1ccnc(F)c1. The molecule has 2 aromatic heterocycles. The van der Waals surface area contributed by atoms with Crippen molar-refractivity contribution in [3.05, 3.63) is 40.9 Å². The molecule has 0 aromatic carbocycles. The minimum atomic E-state index is -0.666. The van der Waals surface area contributed by atoms with Crippen LogP contribution in [-0.2, 0) is 0 Å². The van der Waals surface area contributed by atoms with Gasteiger partial charge in [0.1, 0.15) is 0 Å². The number of carbonyl (C=O) groups excluding carboxylic acids is 1. The number of amides is 1. The van der Waals surface area contributed by atoms with Gasteiger partial charge in [-0.25, -0.2) is 9.97 Å². The van der Waals surface area contributed by atoms with Crippen molar-refractivity contribution in [3.8, 4) is 0 Å². The molecule has 1 aliphatic carbocycles. The number of aromatic nitrogens is 2. The van der Waals surface area contributed by atoms with E-state index < -0.39 is 5.95 Å². The van der Waals surface area contributed by atoms with Gasteiger partial charge in [-0.3, -0.25) is 10.1 Å². The number of anilines is 1. The zero-order valence-corrected chi connectivity index (χ0v) is 10.2. The van der Waals surface area contributed by atoms with Crippen molar-refractivity contribution in [1.29, 1.82) is 0 Å².